The number of aliphatic hydroxyl groups is 2. The first-order chi connectivity index (χ1) is 16.4. The molecule has 0 bridgehead atoms. The van der Waals surface area contributed by atoms with Crippen LogP contribution in [0.2, 0.25) is 0 Å². The van der Waals surface area contributed by atoms with Gasteiger partial charge < -0.3 is 15.5 Å². The van der Waals surface area contributed by atoms with Crippen LogP contribution in [0.3, 0.4) is 0 Å². The van der Waals surface area contributed by atoms with Crippen molar-refractivity contribution in [1.29, 1.82) is 0 Å². The van der Waals surface area contributed by atoms with Crippen LogP contribution in [0.4, 0.5) is 0 Å². The minimum atomic E-state index is -0.457. The second-order valence-corrected chi connectivity index (χ2v) is 11.9. The Morgan fingerprint density at radius 3 is 2.71 bits per heavy atom. The lowest BCUT2D eigenvalue weighted by atomic mass is 9.81. The van der Waals surface area contributed by atoms with Crippen LogP contribution in [0.25, 0.3) is 0 Å². The highest BCUT2D eigenvalue weighted by Gasteiger charge is 2.33. The van der Waals surface area contributed by atoms with E-state index in [4.69, 9.17) is 0 Å². The molecule has 0 radical (unpaired) electrons. The van der Waals surface area contributed by atoms with E-state index in [-0.39, 0.29) is 6.23 Å². The number of piperidine rings is 1. The largest absolute Gasteiger partial charge is 0.379 e. The van der Waals surface area contributed by atoms with Crippen LogP contribution in [-0.4, -0.2) is 64.1 Å². The van der Waals surface area contributed by atoms with Gasteiger partial charge in [-0.3, -0.25) is 10.2 Å². The summed E-state index contributed by atoms with van der Waals surface area (Å²) in [5.74, 6) is 1.05. The number of nitrogens with zero attached hydrogens (tertiary/aromatic N) is 1. The van der Waals surface area contributed by atoms with Crippen LogP contribution in [0.15, 0.2) is 36.0 Å². The molecule has 7 atom stereocenters. The van der Waals surface area contributed by atoms with Crippen LogP contribution < -0.4 is 10.6 Å². The highest BCUT2D eigenvalue weighted by atomic mass is 79.9. The Kier molecular flexibility index (Phi) is 12.3. The van der Waals surface area contributed by atoms with Crippen LogP contribution in [-0.2, 0) is 0 Å². The molecule has 34 heavy (non-hydrogen) atoms. The zero-order chi connectivity index (χ0) is 24.3. The fourth-order valence-electron chi connectivity index (χ4n) is 5.76. The molecule has 0 aromatic carbocycles. The van der Waals surface area contributed by atoms with Gasteiger partial charge in [-0.05, 0) is 89.5 Å². The van der Waals surface area contributed by atoms with Gasteiger partial charge in [0.2, 0.25) is 0 Å². The Bertz CT molecular complexity index is 681. The van der Waals surface area contributed by atoms with Gasteiger partial charge in [0.25, 0.3) is 0 Å². The molecule has 5 nitrogen and oxygen atoms in total. The highest BCUT2D eigenvalue weighted by Crippen LogP contribution is 2.29. The molecule has 0 aromatic rings. The molecule has 3 aliphatic rings. The Labute approximate surface area is 216 Å². The predicted molar refractivity (Wildman–Crippen MR) is 146 cm³/mol. The number of aliphatic hydroxyl groups excluding tert-OH is 2. The average Bonchev–Trinajstić information content (AvgIpc) is 2.84. The molecule has 4 N–H and O–H groups in total. The fraction of sp³-hybridized carbons (Fsp3) is 0.786. The van der Waals surface area contributed by atoms with Crippen molar-refractivity contribution in [3.63, 3.8) is 0 Å². The number of likely N-dealkylation sites (tertiary alicyclic amines) is 1. The molecule has 0 spiro atoms. The van der Waals surface area contributed by atoms with Crippen LogP contribution in [0.1, 0.15) is 78.1 Å². The van der Waals surface area contributed by atoms with E-state index in [2.05, 4.69) is 68.8 Å². The first-order valence-electron chi connectivity index (χ1n) is 13.7. The normalized spacial score (nSPS) is 29.4. The Morgan fingerprint density at radius 2 is 2.00 bits per heavy atom. The van der Waals surface area contributed by atoms with Crippen molar-refractivity contribution < 1.29 is 10.2 Å². The molecule has 7 unspecified atom stereocenters. The van der Waals surface area contributed by atoms with Crippen LogP contribution in [0.5, 0.6) is 0 Å². The first kappa shape index (κ1) is 28.1. The fourth-order valence-corrected chi connectivity index (χ4v) is 6.10. The number of halogens is 1. The molecule has 0 saturated carbocycles. The van der Waals surface area contributed by atoms with Gasteiger partial charge in [-0.25, -0.2) is 0 Å². The highest BCUT2D eigenvalue weighted by molar-refractivity contribution is 9.09. The number of rotatable bonds is 13. The van der Waals surface area contributed by atoms with Crippen LogP contribution in [0, 0.1) is 11.8 Å². The quantitative estimate of drug-likeness (QED) is 0.153. The summed E-state index contributed by atoms with van der Waals surface area (Å²) in [5, 5.41) is 27.8. The Morgan fingerprint density at radius 1 is 1.15 bits per heavy atom. The summed E-state index contributed by atoms with van der Waals surface area (Å²) in [5.41, 5.74) is 1.41. The number of hydrogen-bond donors (Lipinski definition) is 4. The molecule has 1 heterocycles. The molecule has 194 valence electrons. The lowest BCUT2D eigenvalue weighted by Crippen LogP contribution is -2.53. The van der Waals surface area contributed by atoms with Gasteiger partial charge in [0.15, 0.2) is 0 Å². The molecule has 1 aliphatic heterocycles. The van der Waals surface area contributed by atoms with Gasteiger partial charge in [0.05, 0.1) is 0 Å². The van der Waals surface area contributed by atoms with E-state index in [0.717, 1.165) is 58.2 Å². The molecule has 3 rings (SSSR count). The second kappa shape index (κ2) is 14.9. The van der Waals surface area contributed by atoms with Crippen molar-refractivity contribution >= 4 is 15.9 Å². The SMILES string of the molecule is CC(O)NCCC(C)C(NC1C=CCCC1)C1CCCN(C(O)CCCC2=CCC(Br)C=C2)C1. The molecular formula is C28H48BrN3O2. The topological polar surface area (TPSA) is 67.8 Å². The van der Waals surface area contributed by atoms with Crippen molar-refractivity contribution in [3.8, 4) is 0 Å². The van der Waals surface area contributed by atoms with Crippen molar-refractivity contribution in [2.24, 2.45) is 11.8 Å². The zero-order valence-corrected chi connectivity index (χ0v) is 22.9. The van der Waals surface area contributed by atoms with Gasteiger partial charge in [-0.2, -0.15) is 0 Å². The van der Waals surface area contributed by atoms with Crippen molar-refractivity contribution in [3.05, 3.63) is 36.0 Å². The molecule has 1 fully saturated rings. The summed E-state index contributed by atoms with van der Waals surface area (Å²) >= 11 is 3.64. The maximum atomic E-state index is 11.0. The maximum absolute atomic E-state index is 11.0. The van der Waals surface area contributed by atoms with Crippen molar-refractivity contribution in [2.45, 2.75) is 107 Å². The summed E-state index contributed by atoms with van der Waals surface area (Å²) in [7, 11) is 0. The Balaban J connectivity index is 1.53. The van der Waals surface area contributed by atoms with E-state index in [1.807, 2.05) is 0 Å². The van der Waals surface area contributed by atoms with E-state index < -0.39 is 6.23 Å². The summed E-state index contributed by atoms with van der Waals surface area (Å²) in [6.45, 7) is 6.94. The third-order valence-electron chi connectivity index (χ3n) is 7.78. The van der Waals surface area contributed by atoms with Gasteiger partial charge in [0, 0.05) is 30.0 Å². The Hall–Kier alpha value is -0.500. The van der Waals surface area contributed by atoms with Gasteiger partial charge in [-0.15, -0.1) is 0 Å². The molecule has 1 saturated heterocycles. The summed E-state index contributed by atoms with van der Waals surface area (Å²) in [6, 6.07) is 0.885. The third-order valence-corrected chi connectivity index (χ3v) is 8.46. The van der Waals surface area contributed by atoms with E-state index in [1.165, 1.54) is 31.3 Å². The van der Waals surface area contributed by atoms with E-state index in [0.29, 0.717) is 28.7 Å². The minimum absolute atomic E-state index is 0.345. The first-order valence-corrected chi connectivity index (χ1v) is 14.6. The lowest BCUT2D eigenvalue weighted by Gasteiger charge is -2.43. The lowest BCUT2D eigenvalue weighted by molar-refractivity contribution is -0.0355. The van der Waals surface area contributed by atoms with Crippen molar-refractivity contribution in [1.82, 2.24) is 15.5 Å². The smallest absolute Gasteiger partial charge is 0.107 e. The van der Waals surface area contributed by atoms with Gasteiger partial charge in [0.1, 0.15) is 12.5 Å². The predicted octanol–water partition coefficient (Wildman–Crippen LogP) is 4.86. The molecule has 2 aliphatic carbocycles. The van der Waals surface area contributed by atoms with Crippen molar-refractivity contribution in [2.75, 3.05) is 19.6 Å². The third kappa shape index (κ3) is 9.51. The molecular weight excluding hydrogens is 490 g/mol. The number of allylic oxidation sites excluding steroid dienone is 5. The number of hydrogen-bond acceptors (Lipinski definition) is 5. The van der Waals surface area contributed by atoms with Gasteiger partial charge in [-0.1, -0.05) is 58.8 Å². The second-order valence-electron chi connectivity index (χ2n) is 10.7. The average molecular weight is 539 g/mol. The van der Waals surface area contributed by atoms with Crippen LogP contribution >= 0.6 is 15.9 Å². The molecule has 0 aromatic heterocycles. The van der Waals surface area contributed by atoms with E-state index in [9.17, 15) is 10.2 Å². The van der Waals surface area contributed by atoms with E-state index >= 15 is 0 Å². The molecule has 0 amide bonds. The number of alkyl halides is 1. The zero-order valence-electron chi connectivity index (χ0n) is 21.3. The standard InChI is InChI=1S/C28H48BrN3O2/c1-21(17-18-30-22(2)33)28(31-26-10-4-3-5-11-26)24-9-7-19-32(20-24)27(34)12-6-8-23-13-15-25(29)16-14-23/h4,10,13-15,21-22,24-28,30-31,33-34H,3,5-9,11-12,16-20H2,1-2H3. The minimum Gasteiger partial charge on any atom is -0.379 e. The monoisotopic (exact) mass is 537 g/mol. The van der Waals surface area contributed by atoms with E-state index in [1.54, 1.807) is 6.92 Å². The molecule has 6 heteroatoms. The summed E-state index contributed by atoms with van der Waals surface area (Å²) in [6.07, 6.45) is 21.7. The summed E-state index contributed by atoms with van der Waals surface area (Å²) in [4.78, 5) is 2.81. The summed E-state index contributed by atoms with van der Waals surface area (Å²) < 4.78 is 0. The van der Waals surface area contributed by atoms with Gasteiger partial charge >= 0.3 is 0 Å². The number of nitrogens with one attached hydrogen (secondary N) is 2. The maximum Gasteiger partial charge on any atom is 0.107 e.